The molecule has 0 unspecified atom stereocenters. The minimum absolute atomic E-state index is 0.0971. The van der Waals surface area contributed by atoms with Gasteiger partial charge >= 0.3 is 0 Å². The van der Waals surface area contributed by atoms with Crippen LogP contribution in [0, 0.1) is 6.92 Å². The summed E-state index contributed by atoms with van der Waals surface area (Å²) in [5.74, 6) is -0.290. The molecule has 150 valence electrons. The van der Waals surface area contributed by atoms with Gasteiger partial charge in [0, 0.05) is 18.7 Å². The normalized spacial score (nSPS) is 17.6. The first-order valence-electron chi connectivity index (χ1n) is 9.64. The van der Waals surface area contributed by atoms with Gasteiger partial charge in [0.1, 0.15) is 5.25 Å². The Balaban J connectivity index is 1.78. The maximum absolute atomic E-state index is 12.9. The standard InChI is InChI=1S/C23H25N3O2S/c1-4-14-26-22(28)20(15-21(27)24-18-12-8-6-10-16(18)3)29-23(26)25-19-13-9-7-11-17(19)5-2/h4,6-13,20H,1,5,14-15H2,2-3H3,(H,24,27)/t20-/m0/s1. The van der Waals surface area contributed by atoms with Gasteiger partial charge in [-0.05, 0) is 36.6 Å². The third kappa shape index (κ3) is 4.95. The zero-order valence-corrected chi connectivity index (χ0v) is 17.5. The summed E-state index contributed by atoms with van der Waals surface area (Å²) in [4.78, 5) is 31.8. The lowest BCUT2D eigenvalue weighted by Gasteiger charge is -2.14. The molecule has 2 amide bonds. The van der Waals surface area contributed by atoms with Crippen molar-refractivity contribution in [1.29, 1.82) is 0 Å². The summed E-state index contributed by atoms with van der Waals surface area (Å²) < 4.78 is 0. The van der Waals surface area contributed by atoms with E-state index in [4.69, 9.17) is 4.99 Å². The van der Waals surface area contributed by atoms with Crippen molar-refractivity contribution in [2.24, 2.45) is 4.99 Å². The van der Waals surface area contributed by atoms with E-state index in [1.54, 1.807) is 11.0 Å². The number of hydrogen-bond acceptors (Lipinski definition) is 4. The number of amides is 2. The second-order valence-corrected chi connectivity index (χ2v) is 7.96. The smallest absolute Gasteiger partial charge is 0.242 e. The molecular formula is C23H25N3O2S. The number of aliphatic imine (C=N–C) groups is 1. The van der Waals surface area contributed by atoms with Gasteiger partial charge in [0.2, 0.25) is 11.8 Å². The van der Waals surface area contributed by atoms with Gasteiger partial charge in [-0.15, -0.1) is 6.58 Å². The quantitative estimate of drug-likeness (QED) is 0.677. The van der Waals surface area contributed by atoms with Crippen LogP contribution in [0.15, 0.2) is 66.2 Å². The number of thioether (sulfide) groups is 1. The Labute approximate surface area is 175 Å². The monoisotopic (exact) mass is 407 g/mol. The molecule has 1 heterocycles. The highest BCUT2D eigenvalue weighted by Crippen LogP contribution is 2.33. The Morgan fingerprint density at radius 3 is 2.69 bits per heavy atom. The molecule has 3 rings (SSSR count). The molecule has 6 heteroatoms. The molecule has 0 aromatic heterocycles. The molecule has 1 N–H and O–H groups in total. The highest BCUT2D eigenvalue weighted by Gasteiger charge is 2.38. The van der Waals surface area contributed by atoms with Crippen LogP contribution in [0.5, 0.6) is 0 Å². The maximum Gasteiger partial charge on any atom is 0.242 e. The zero-order valence-electron chi connectivity index (χ0n) is 16.7. The van der Waals surface area contributed by atoms with Crippen molar-refractivity contribution >= 4 is 40.1 Å². The average molecular weight is 408 g/mol. The number of para-hydroxylation sites is 2. The van der Waals surface area contributed by atoms with Crippen LogP contribution in [0.3, 0.4) is 0 Å². The van der Waals surface area contributed by atoms with E-state index >= 15 is 0 Å². The van der Waals surface area contributed by atoms with E-state index in [0.29, 0.717) is 11.7 Å². The molecule has 1 aliphatic rings. The Kier molecular flexibility index (Phi) is 6.88. The number of rotatable bonds is 7. The number of aryl methyl sites for hydroxylation is 2. The molecule has 0 spiro atoms. The zero-order chi connectivity index (χ0) is 20.8. The first kappa shape index (κ1) is 20.9. The number of carbonyl (C=O) groups excluding carboxylic acids is 2. The van der Waals surface area contributed by atoms with Crippen molar-refractivity contribution in [3.05, 3.63) is 72.3 Å². The number of carbonyl (C=O) groups is 2. The molecule has 2 aromatic rings. The average Bonchev–Trinajstić information content (AvgIpc) is 2.99. The van der Waals surface area contributed by atoms with E-state index in [-0.39, 0.29) is 18.2 Å². The highest BCUT2D eigenvalue weighted by atomic mass is 32.2. The summed E-state index contributed by atoms with van der Waals surface area (Å²) in [6.45, 7) is 8.13. The third-order valence-electron chi connectivity index (χ3n) is 4.71. The molecule has 2 aromatic carbocycles. The van der Waals surface area contributed by atoms with Crippen molar-refractivity contribution in [3.63, 3.8) is 0 Å². The van der Waals surface area contributed by atoms with E-state index in [9.17, 15) is 9.59 Å². The molecule has 0 radical (unpaired) electrons. The second kappa shape index (κ2) is 9.56. The van der Waals surface area contributed by atoms with Crippen LogP contribution in [0.25, 0.3) is 0 Å². The number of anilines is 1. The predicted molar refractivity (Wildman–Crippen MR) is 121 cm³/mol. The molecule has 1 atom stereocenters. The lowest BCUT2D eigenvalue weighted by molar-refractivity contribution is -0.127. The minimum atomic E-state index is -0.494. The number of amidine groups is 1. The summed E-state index contributed by atoms with van der Waals surface area (Å²) in [5.41, 5.74) is 3.72. The van der Waals surface area contributed by atoms with E-state index in [2.05, 4.69) is 18.8 Å². The molecule has 0 aliphatic carbocycles. The van der Waals surface area contributed by atoms with Gasteiger partial charge in [0.05, 0.1) is 5.69 Å². The van der Waals surface area contributed by atoms with E-state index in [1.807, 2.05) is 55.5 Å². The molecule has 1 saturated heterocycles. The third-order valence-corrected chi connectivity index (χ3v) is 5.89. The van der Waals surface area contributed by atoms with Crippen LogP contribution in [-0.2, 0) is 16.0 Å². The summed E-state index contributed by atoms with van der Waals surface area (Å²) in [7, 11) is 0. The lowest BCUT2D eigenvalue weighted by Crippen LogP contribution is -2.33. The van der Waals surface area contributed by atoms with Gasteiger partial charge in [-0.25, -0.2) is 4.99 Å². The van der Waals surface area contributed by atoms with Gasteiger partial charge < -0.3 is 5.32 Å². The Bertz CT molecular complexity index is 955. The van der Waals surface area contributed by atoms with Crippen molar-refractivity contribution in [2.45, 2.75) is 31.9 Å². The fourth-order valence-corrected chi connectivity index (χ4v) is 4.29. The number of benzene rings is 2. The van der Waals surface area contributed by atoms with Gasteiger partial charge in [0.15, 0.2) is 5.17 Å². The molecule has 0 bridgehead atoms. The maximum atomic E-state index is 12.9. The topological polar surface area (TPSA) is 61.8 Å². The number of nitrogens with one attached hydrogen (secondary N) is 1. The summed E-state index contributed by atoms with van der Waals surface area (Å²) in [5, 5.41) is 3.03. The van der Waals surface area contributed by atoms with Crippen LogP contribution in [0.4, 0.5) is 11.4 Å². The lowest BCUT2D eigenvalue weighted by atomic mass is 10.1. The first-order valence-corrected chi connectivity index (χ1v) is 10.5. The summed E-state index contributed by atoms with van der Waals surface area (Å²) in [6, 6.07) is 15.5. The van der Waals surface area contributed by atoms with Crippen molar-refractivity contribution in [1.82, 2.24) is 4.90 Å². The van der Waals surface area contributed by atoms with Crippen molar-refractivity contribution in [3.8, 4) is 0 Å². The van der Waals surface area contributed by atoms with Gasteiger partial charge in [0.25, 0.3) is 0 Å². The first-order chi connectivity index (χ1) is 14.0. The molecule has 0 saturated carbocycles. The van der Waals surface area contributed by atoms with E-state index in [1.165, 1.54) is 11.8 Å². The highest BCUT2D eigenvalue weighted by molar-refractivity contribution is 8.15. The van der Waals surface area contributed by atoms with Crippen LogP contribution in [0.2, 0.25) is 0 Å². The van der Waals surface area contributed by atoms with Crippen LogP contribution in [0.1, 0.15) is 24.5 Å². The summed E-state index contributed by atoms with van der Waals surface area (Å²) in [6.07, 6.45) is 2.63. The van der Waals surface area contributed by atoms with Crippen LogP contribution < -0.4 is 5.32 Å². The fraction of sp³-hybridized carbons (Fsp3) is 0.261. The van der Waals surface area contributed by atoms with Gasteiger partial charge in [-0.2, -0.15) is 0 Å². The Hall–Kier alpha value is -2.86. The Morgan fingerprint density at radius 2 is 1.97 bits per heavy atom. The predicted octanol–water partition coefficient (Wildman–Crippen LogP) is 4.70. The van der Waals surface area contributed by atoms with E-state index < -0.39 is 5.25 Å². The largest absolute Gasteiger partial charge is 0.326 e. The molecule has 5 nitrogen and oxygen atoms in total. The Morgan fingerprint density at radius 1 is 1.24 bits per heavy atom. The molecular weight excluding hydrogens is 382 g/mol. The molecule has 1 fully saturated rings. The fourth-order valence-electron chi connectivity index (χ4n) is 3.13. The summed E-state index contributed by atoms with van der Waals surface area (Å²) >= 11 is 1.34. The van der Waals surface area contributed by atoms with E-state index in [0.717, 1.165) is 28.9 Å². The van der Waals surface area contributed by atoms with Gasteiger partial charge in [-0.1, -0.05) is 61.2 Å². The number of hydrogen-bond donors (Lipinski definition) is 1. The van der Waals surface area contributed by atoms with Crippen LogP contribution >= 0.6 is 11.8 Å². The second-order valence-electron chi connectivity index (χ2n) is 6.79. The van der Waals surface area contributed by atoms with Crippen LogP contribution in [-0.4, -0.2) is 33.7 Å². The number of nitrogens with zero attached hydrogens (tertiary/aromatic N) is 2. The SMILES string of the molecule is C=CCN1C(=O)[C@H](CC(=O)Nc2ccccc2C)SC1=Nc1ccccc1CC. The minimum Gasteiger partial charge on any atom is -0.326 e. The van der Waals surface area contributed by atoms with Crippen molar-refractivity contribution in [2.75, 3.05) is 11.9 Å². The molecule has 29 heavy (non-hydrogen) atoms. The van der Waals surface area contributed by atoms with Crippen molar-refractivity contribution < 1.29 is 9.59 Å². The molecule has 1 aliphatic heterocycles. The van der Waals surface area contributed by atoms with Gasteiger partial charge in [-0.3, -0.25) is 14.5 Å².